The van der Waals surface area contributed by atoms with Gasteiger partial charge in [-0.1, -0.05) is 12.1 Å². The summed E-state index contributed by atoms with van der Waals surface area (Å²) >= 11 is 0. The van der Waals surface area contributed by atoms with Gasteiger partial charge in [0.25, 0.3) is 0 Å². The molecule has 2 N–H and O–H groups in total. The molecule has 1 amide bonds. The topological polar surface area (TPSA) is 58.6 Å². The van der Waals surface area contributed by atoms with Gasteiger partial charge in [-0.05, 0) is 43.5 Å². The van der Waals surface area contributed by atoms with E-state index in [9.17, 15) is 36.2 Å². The Bertz CT molecular complexity index is 986. The van der Waals surface area contributed by atoms with E-state index in [1.165, 1.54) is 13.0 Å². The van der Waals surface area contributed by atoms with Gasteiger partial charge in [-0.25, -0.2) is 13.2 Å². The fourth-order valence-corrected chi connectivity index (χ4v) is 3.33. The van der Waals surface area contributed by atoms with Gasteiger partial charge in [0.2, 0.25) is 5.91 Å². The second kappa shape index (κ2) is 8.07. The van der Waals surface area contributed by atoms with Crippen LogP contribution in [0.25, 0.3) is 0 Å². The maximum absolute atomic E-state index is 14.0. The van der Waals surface area contributed by atoms with Gasteiger partial charge in [-0.2, -0.15) is 13.2 Å². The Labute approximate surface area is 173 Å². The summed E-state index contributed by atoms with van der Waals surface area (Å²) in [6, 6.07) is 5.93. The molecule has 0 bridgehead atoms. The van der Waals surface area contributed by atoms with Gasteiger partial charge in [0, 0.05) is 11.6 Å². The number of benzene rings is 2. The maximum Gasteiger partial charge on any atom is 0.422 e. The quantitative estimate of drug-likeness (QED) is 0.617. The Hall–Kier alpha value is -2.75. The fourth-order valence-electron chi connectivity index (χ4n) is 3.33. The van der Waals surface area contributed by atoms with Crippen LogP contribution in [0.15, 0.2) is 36.4 Å². The van der Waals surface area contributed by atoms with Crippen LogP contribution in [0.1, 0.15) is 37.3 Å². The normalized spacial score (nSPS) is 17.0. The van der Waals surface area contributed by atoms with E-state index in [1.54, 1.807) is 0 Å². The minimum Gasteiger partial charge on any atom is -0.481 e. The summed E-state index contributed by atoms with van der Waals surface area (Å²) < 4.78 is 82.5. The number of alkyl halides is 3. The van der Waals surface area contributed by atoms with Crippen molar-refractivity contribution < 1.29 is 41.0 Å². The Morgan fingerprint density at radius 2 is 1.77 bits per heavy atom. The number of aliphatic hydroxyl groups is 1. The first-order valence-corrected chi connectivity index (χ1v) is 9.30. The number of carbonyl (C=O) groups excluding carboxylic acids is 1. The summed E-state index contributed by atoms with van der Waals surface area (Å²) in [6.07, 6.45) is -4.35. The Balaban J connectivity index is 1.73. The monoisotopic (exact) mass is 447 g/mol. The number of rotatable bonds is 7. The standard InChI is InChI=1S/C21H19F6NO3/c1-19(30,14-4-3-13(22)9-16(14)24)10-18(29)28-20(6-7-20)12-2-5-15(23)17(8-12)31-11-21(25,26)27/h2-5,8-9,30H,6-7,10-11H2,1H3,(H,28,29). The summed E-state index contributed by atoms with van der Waals surface area (Å²) in [7, 11) is 0. The average Bonchev–Trinajstić information content (AvgIpc) is 3.39. The number of carbonyl (C=O) groups is 1. The Kier molecular flexibility index (Phi) is 5.96. The molecule has 10 heteroatoms. The highest BCUT2D eigenvalue weighted by Crippen LogP contribution is 2.47. The predicted octanol–water partition coefficient (Wildman–Crippen LogP) is 4.45. The van der Waals surface area contributed by atoms with Crippen molar-refractivity contribution in [2.24, 2.45) is 0 Å². The van der Waals surface area contributed by atoms with Crippen molar-refractivity contribution in [1.82, 2.24) is 5.32 Å². The zero-order chi connectivity index (χ0) is 23.0. The van der Waals surface area contributed by atoms with Crippen LogP contribution in [0.4, 0.5) is 26.3 Å². The minimum atomic E-state index is -4.64. The molecule has 2 aromatic rings. The number of nitrogens with one attached hydrogen (secondary N) is 1. The van der Waals surface area contributed by atoms with Crippen LogP contribution in [0, 0.1) is 17.5 Å². The molecule has 31 heavy (non-hydrogen) atoms. The third-order valence-corrected chi connectivity index (χ3v) is 5.02. The first-order chi connectivity index (χ1) is 14.3. The van der Waals surface area contributed by atoms with Gasteiger partial charge in [0.05, 0.1) is 17.6 Å². The van der Waals surface area contributed by atoms with Gasteiger partial charge < -0.3 is 15.2 Å². The number of ether oxygens (including phenoxy) is 1. The van der Waals surface area contributed by atoms with E-state index in [0.29, 0.717) is 24.5 Å². The van der Waals surface area contributed by atoms with Crippen molar-refractivity contribution in [3.05, 3.63) is 65.0 Å². The van der Waals surface area contributed by atoms with E-state index in [4.69, 9.17) is 0 Å². The first-order valence-electron chi connectivity index (χ1n) is 9.30. The van der Waals surface area contributed by atoms with E-state index < -0.39 is 59.5 Å². The minimum absolute atomic E-state index is 0.265. The lowest BCUT2D eigenvalue weighted by Gasteiger charge is -2.26. The van der Waals surface area contributed by atoms with Crippen LogP contribution in [0.2, 0.25) is 0 Å². The fraction of sp³-hybridized carbons (Fsp3) is 0.381. The zero-order valence-electron chi connectivity index (χ0n) is 16.3. The largest absolute Gasteiger partial charge is 0.481 e. The van der Waals surface area contributed by atoms with Crippen molar-refractivity contribution in [2.45, 2.75) is 43.5 Å². The maximum atomic E-state index is 14.0. The van der Waals surface area contributed by atoms with Crippen LogP contribution >= 0.6 is 0 Å². The molecule has 1 unspecified atom stereocenters. The van der Waals surface area contributed by atoms with E-state index >= 15 is 0 Å². The lowest BCUT2D eigenvalue weighted by molar-refractivity contribution is -0.153. The van der Waals surface area contributed by atoms with Gasteiger partial charge in [0.15, 0.2) is 18.2 Å². The molecular formula is C21H19F6NO3. The van der Waals surface area contributed by atoms with Crippen molar-refractivity contribution in [2.75, 3.05) is 6.61 Å². The van der Waals surface area contributed by atoms with Crippen molar-refractivity contribution in [1.29, 1.82) is 0 Å². The molecule has 1 atom stereocenters. The third-order valence-electron chi connectivity index (χ3n) is 5.02. The zero-order valence-corrected chi connectivity index (χ0v) is 16.3. The lowest BCUT2D eigenvalue weighted by Crippen LogP contribution is -2.39. The number of halogens is 6. The smallest absolute Gasteiger partial charge is 0.422 e. The molecule has 2 aromatic carbocycles. The van der Waals surface area contributed by atoms with Gasteiger partial charge >= 0.3 is 6.18 Å². The summed E-state index contributed by atoms with van der Waals surface area (Å²) in [5, 5.41) is 13.2. The molecule has 0 heterocycles. The molecule has 1 fully saturated rings. The molecule has 0 radical (unpaired) electrons. The number of hydrogen-bond donors (Lipinski definition) is 2. The molecule has 0 aliphatic heterocycles. The van der Waals surface area contributed by atoms with Gasteiger partial charge in [-0.15, -0.1) is 0 Å². The van der Waals surface area contributed by atoms with Crippen molar-refractivity contribution in [3.63, 3.8) is 0 Å². The molecule has 4 nitrogen and oxygen atoms in total. The Morgan fingerprint density at radius 3 is 2.35 bits per heavy atom. The molecular weight excluding hydrogens is 428 g/mol. The van der Waals surface area contributed by atoms with Crippen molar-refractivity contribution in [3.8, 4) is 5.75 Å². The number of amides is 1. The predicted molar refractivity (Wildman–Crippen MR) is 97.6 cm³/mol. The second-order valence-electron chi connectivity index (χ2n) is 7.75. The third kappa shape index (κ3) is 5.49. The van der Waals surface area contributed by atoms with Crippen LogP contribution in [-0.4, -0.2) is 23.8 Å². The van der Waals surface area contributed by atoms with Crippen LogP contribution in [0.5, 0.6) is 5.75 Å². The van der Waals surface area contributed by atoms with Crippen LogP contribution in [0.3, 0.4) is 0 Å². The van der Waals surface area contributed by atoms with E-state index in [2.05, 4.69) is 10.1 Å². The summed E-state index contributed by atoms with van der Waals surface area (Å²) in [5.41, 5.74) is -2.83. The second-order valence-corrected chi connectivity index (χ2v) is 7.75. The SMILES string of the molecule is CC(O)(CC(=O)NC1(c2ccc(F)c(OCC(F)(F)F)c2)CC1)c1ccc(F)cc1F. The highest BCUT2D eigenvalue weighted by Gasteiger charge is 2.47. The summed E-state index contributed by atoms with van der Waals surface area (Å²) in [6.45, 7) is -0.470. The molecule has 1 aliphatic rings. The lowest BCUT2D eigenvalue weighted by atomic mass is 9.91. The van der Waals surface area contributed by atoms with E-state index in [-0.39, 0.29) is 5.56 Å². The van der Waals surface area contributed by atoms with E-state index in [0.717, 1.165) is 24.3 Å². The highest BCUT2D eigenvalue weighted by molar-refractivity contribution is 5.79. The summed E-state index contributed by atoms with van der Waals surface area (Å²) in [5.74, 6) is -4.10. The molecule has 0 aromatic heterocycles. The molecule has 1 aliphatic carbocycles. The molecule has 1 saturated carbocycles. The Morgan fingerprint density at radius 1 is 1.10 bits per heavy atom. The molecule has 0 spiro atoms. The van der Waals surface area contributed by atoms with E-state index in [1.807, 2.05) is 0 Å². The number of hydrogen-bond acceptors (Lipinski definition) is 3. The van der Waals surface area contributed by atoms with Crippen LogP contribution in [-0.2, 0) is 15.9 Å². The highest BCUT2D eigenvalue weighted by atomic mass is 19.4. The van der Waals surface area contributed by atoms with Gasteiger partial charge in [0.1, 0.15) is 11.6 Å². The first kappa shape index (κ1) is 22.9. The molecule has 0 saturated heterocycles. The van der Waals surface area contributed by atoms with Crippen LogP contribution < -0.4 is 10.1 Å². The molecule has 3 rings (SSSR count). The van der Waals surface area contributed by atoms with Gasteiger partial charge in [-0.3, -0.25) is 4.79 Å². The summed E-state index contributed by atoms with van der Waals surface area (Å²) in [4.78, 5) is 12.5. The molecule has 168 valence electrons. The average molecular weight is 447 g/mol. The van der Waals surface area contributed by atoms with Crippen molar-refractivity contribution >= 4 is 5.91 Å².